The maximum Gasteiger partial charge on any atom is 0.260 e. The molecule has 0 aliphatic carbocycles. The second-order valence-electron chi connectivity index (χ2n) is 5.50. The van der Waals surface area contributed by atoms with Crippen molar-refractivity contribution in [3.8, 4) is 23.0 Å². The van der Waals surface area contributed by atoms with E-state index in [4.69, 9.17) is 9.47 Å². The van der Waals surface area contributed by atoms with Crippen molar-refractivity contribution in [1.82, 2.24) is 0 Å². The molecule has 104 valence electrons. The van der Waals surface area contributed by atoms with Crippen LogP contribution in [0.5, 0.6) is 23.0 Å². The van der Waals surface area contributed by atoms with Crippen molar-refractivity contribution in [3.05, 3.63) is 64.2 Å². The molecule has 5 rings (SSSR count). The van der Waals surface area contributed by atoms with E-state index in [-0.39, 0.29) is 6.71 Å². The van der Waals surface area contributed by atoms with E-state index in [9.17, 15) is 0 Å². The molecule has 2 aliphatic heterocycles. The summed E-state index contributed by atoms with van der Waals surface area (Å²) in [6.07, 6.45) is 0. The molecule has 2 aliphatic rings. The van der Waals surface area contributed by atoms with Gasteiger partial charge in [0.1, 0.15) is 23.0 Å². The van der Waals surface area contributed by atoms with Crippen molar-refractivity contribution >= 4 is 45.7 Å². The van der Waals surface area contributed by atoms with Crippen LogP contribution >= 0.6 is 22.6 Å². The minimum absolute atomic E-state index is 0.176. The first-order valence-corrected chi connectivity index (χ1v) is 8.27. The van der Waals surface area contributed by atoms with Crippen LogP contribution in [-0.2, 0) is 0 Å². The Morgan fingerprint density at radius 1 is 0.682 bits per heavy atom. The van der Waals surface area contributed by atoms with E-state index >= 15 is 0 Å². The van der Waals surface area contributed by atoms with Crippen LogP contribution in [0.15, 0.2) is 60.7 Å². The molecule has 0 saturated carbocycles. The van der Waals surface area contributed by atoms with Gasteiger partial charge in [-0.25, -0.2) is 0 Å². The maximum absolute atomic E-state index is 6.18. The summed E-state index contributed by atoms with van der Waals surface area (Å²) in [5.74, 6) is 3.69. The number of ether oxygens (including phenoxy) is 2. The third-order valence-electron chi connectivity index (χ3n) is 4.29. The zero-order chi connectivity index (χ0) is 14.7. The van der Waals surface area contributed by atoms with Gasteiger partial charge in [0.05, 0.1) is 3.57 Å². The highest BCUT2D eigenvalue weighted by Gasteiger charge is 2.40. The topological polar surface area (TPSA) is 18.5 Å². The van der Waals surface area contributed by atoms with E-state index in [0.717, 1.165) is 32.0 Å². The second kappa shape index (κ2) is 4.52. The average Bonchev–Trinajstić information content (AvgIpc) is 2.57. The lowest BCUT2D eigenvalue weighted by atomic mass is 9.35. The zero-order valence-electron chi connectivity index (χ0n) is 11.5. The molecule has 22 heavy (non-hydrogen) atoms. The first-order valence-electron chi connectivity index (χ1n) is 7.19. The molecule has 0 aromatic heterocycles. The molecular weight excluding hydrogens is 386 g/mol. The molecule has 0 unspecified atom stereocenters. The summed E-state index contributed by atoms with van der Waals surface area (Å²) in [6, 6.07) is 20.6. The van der Waals surface area contributed by atoms with Gasteiger partial charge in [0.15, 0.2) is 0 Å². The molecule has 0 bridgehead atoms. The molecule has 0 fully saturated rings. The van der Waals surface area contributed by atoms with Gasteiger partial charge in [0.2, 0.25) is 0 Å². The van der Waals surface area contributed by atoms with Crippen LogP contribution in [-0.4, -0.2) is 6.71 Å². The number of hydrogen-bond acceptors (Lipinski definition) is 2. The van der Waals surface area contributed by atoms with Gasteiger partial charge in [-0.3, -0.25) is 0 Å². The van der Waals surface area contributed by atoms with E-state index in [0.29, 0.717) is 0 Å². The summed E-state index contributed by atoms with van der Waals surface area (Å²) in [5, 5.41) is 0. The Morgan fingerprint density at radius 2 is 1.32 bits per heavy atom. The summed E-state index contributed by atoms with van der Waals surface area (Å²) in [5.41, 5.74) is 3.55. The smallest absolute Gasteiger partial charge is 0.260 e. The molecule has 2 heterocycles. The molecule has 0 amide bonds. The summed E-state index contributed by atoms with van der Waals surface area (Å²) < 4.78 is 13.4. The van der Waals surface area contributed by atoms with Gasteiger partial charge in [-0.2, -0.15) is 0 Å². The van der Waals surface area contributed by atoms with Crippen molar-refractivity contribution in [2.75, 3.05) is 0 Å². The lowest BCUT2D eigenvalue weighted by molar-refractivity contribution is 0.462. The fourth-order valence-corrected chi connectivity index (χ4v) is 3.93. The predicted molar refractivity (Wildman–Crippen MR) is 96.8 cm³/mol. The van der Waals surface area contributed by atoms with E-state index in [2.05, 4.69) is 46.9 Å². The third-order valence-corrected chi connectivity index (χ3v) is 5.14. The lowest BCUT2D eigenvalue weighted by Gasteiger charge is -2.33. The monoisotopic (exact) mass is 396 g/mol. The second-order valence-corrected chi connectivity index (χ2v) is 6.66. The molecule has 3 aromatic rings. The Bertz CT molecular complexity index is 912. The van der Waals surface area contributed by atoms with Crippen molar-refractivity contribution in [1.29, 1.82) is 0 Å². The molecule has 0 N–H and O–H groups in total. The Labute approximate surface area is 142 Å². The number of halogens is 1. The molecular formula is C18H10BIO2. The highest BCUT2D eigenvalue weighted by molar-refractivity contribution is 14.1. The average molecular weight is 396 g/mol. The van der Waals surface area contributed by atoms with E-state index < -0.39 is 0 Å². The number of fused-ring (bicyclic) bond motifs is 4. The molecule has 4 heteroatoms. The van der Waals surface area contributed by atoms with Crippen LogP contribution in [0.4, 0.5) is 0 Å². The van der Waals surface area contributed by atoms with Crippen LogP contribution in [0.2, 0.25) is 0 Å². The van der Waals surface area contributed by atoms with Gasteiger partial charge in [-0.15, -0.1) is 0 Å². The highest BCUT2D eigenvalue weighted by atomic mass is 127. The van der Waals surface area contributed by atoms with Gasteiger partial charge in [0, 0.05) is 5.46 Å². The fraction of sp³-hybridized carbons (Fsp3) is 0. The SMILES string of the molecule is Ic1ccc2c3c1Oc1ccccc1B3c1ccccc1O2. The minimum Gasteiger partial charge on any atom is -0.458 e. The molecule has 3 aromatic carbocycles. The normalized spacial score (nSPS) is 13.4. The summed E-state index contributed by atoms with van der Waals surface area (Å²) in [4.78, 5) is 0. The van der Waals surface area contributed by atoms with Crippen LogP contribution in [0.3, 0.4) is 0 Å². The molecule has 2 nitrogen and oxygen atoms in total. The highest BCUT2D eigenvalue weighted by Crippen LogP contribution is 2.36. The summed E-state index contributed by atoms with van der Waals surface area (Å²) in [6.45, 7) is 0.176. The van der Waals surface area contributed by atoms with Crippen molar-refractivity contribution in [2.24, 2.45) is 0 Å². The first kappa shape index (κ1) is 12.6. The zero-order valence-corrected chi connectivity index (χ0v) is 13.7. The van der Waals surface area contributed by atoms with E-state index in [1.165, 1.54) is 10.9 Å². The van der Waals surface area contributed by atoms with Crippen LogP contribution in [0.25, 0.3) is 0 Å². The van der Waals surface area contributed by atoms with E-state index in [1.54, 1.807) is 0 Å². The number of rotatable bonds is 0. The van der Waals surface area contributed by atoms with Crippen LogP contribution < -0.4 is 25.9 Å². The van der Waals surface area contributed by atoms with Gasteiger partial charge in [-0.1, -0.05) is 36.4 Å². The van der Waals surface area contributed by atoms with Crippen molar-refractivity contribution in [3.63, 3.8) is 0 Å². The fourth-order valence-electron chi connectivity index (χ4n) is 3.35. The van der Waals surface area contributed by atoms with Gasteiger partial charge < -0.3 is 9.47 Å². The van der Waals surface area contributed by atoms with Crippen LogP contribution in [0, 0.1) is 3.57 Å². The first-order chi connectivity index (χ1) is 10.8. The minimum atomic E-state index is 0.176. The van der Waals surface area contributed by atoms with Gasteiger partial charge in [0.25, 0.3) is 6.71 Å². The Balaban J connectivity index is 1.89. The van der Waals surface area contributed by atoms with Gasteiger partial charge >= 0.3 is 0 Å². The van der Waals surface area contributed by atoms with Crippen molar-refractivity contribution in [2.45, 2.75) is 0 Å². The molecule has 0 saturated heterocycles. The standard InChI is InChI=1S/C18H10BIO2/c20-13-9-10-16-17-18(13)22-15-8-4-2-6-12(15)19(17)11-5-1-3-7-14(11)21-16/h1-10H. The molecule has 0 radical (unpaired) electrons. The summed E-state index contributed by atoms with van der Waals surface area (Å²) >= 11 is 2.33. The number of para-hydroxylation sites is 2. The largest absolute Gasteiger partial charge is 0.458 e. The Kier molecular flexibility index (Phi) is 2.59. The molecule has 0 spiro atoms. The van der Waals surface area contributed by atoms with Gasteiger partial charge in [-0.05, 0) is 57.8 Å². The lowest BCUT2D eigenvalue weighted by Crippen LogP contribution is -2.57. The summed E-state index contributed by atoms with van der Waals surface area (Å²) in [7, 11) is 0. The van der Waals surface area contributed by atoms with Crippen LogP contribution in [0.1, 0.15) is 0 Å². The molecule has 0 atom stereocenters. The predicted octanol–water partition coefficient (Wildman–Crippen LogP) is 3.02. The Morgan fingerprint density at radius 3 is 2.05 bits per heavy atom. The van der Waals surface area contributed by atoms with E-state index in [1.807, 2.05) is 36.4 Å². The van der Waals surface area contributed by atoms with Crippen molar-refractivity contribution < 1.29 is 9.47 Å². The number of benzene rings is 3. The third kappa shape index (κ3) is 1.61. The quantitative estimate of drug-likeness (QED) is 0.296. The maximum atomic E-state index is 6.18. The number of hydrogen-bond donors (Lipinski definition) is 0. The Hall–Kier alpha value is -1.95.